The molecule has 0 spiro atoms. The van der Waals surface area contributed by atoms with E-state index in [-0.39, 0.29) is 5.56 Å². The summed E-state index contributed by atoms with van der Waals surface area (Å²) in [6.07, 6.45) is 3.41. The van der Waals surface area contributed by atoms with Crippen LogP contribution in [0.15, 0.2) is 24.5 Å². The second-order valence-electron chi connectivity index (χ2n) is 4.44. The van der Waals surface area contributed by atoms with Gasteiger partial charge in [0.15, 0.2) is 0 Å². The van der Waals surface area contributed by atoms with Gasteiger partial charge in [-0.3, -0.25) is 4.68 Å². The van der Waals surface area contributed by atoms with E-state index in [1.54, 1.807) is 31.1 Å². The van der Waals surface area contributed by atoms with Gasteiger partial charge in [-0.05, 0) is 30.2 Å². The molecule has 1 aromatic carbocycles. The van der Waals surface area contributed by atoms with E-state index in [2.05, 4.69) is 5.10 Å². The normalized spacial score (nSPS) is 10.8. The SMILES string of the molecule is COCCn1cc(-c2cc(C(=O)O)c(F)cc2C)cn1. The van der Waals surface area contributed by atoms with E-state index in [0.717, 1.165) is 5.56 Å². The summed E-state index contributed by atoms with van der Waals surface area (Å²) in [5, 5.41) is 13.1. The van der Waals surface area contributed by atoms with Crippen molar-refractivity contribution in [2.24, 2.45) is 0 Å². The standard InChI is InChI=1S/C14H15FN2O3/c1-9-5-13(15)12(14(18)19)6-11(9)10-7-16-17(8-10)3-4-20-2/h5-8H,3-4H2,1-2H3,(H,18,19). The predicted molar refractivity (Wildman–Crippen MR) is 71.2 cm³/mol. The third-order valence-electron chi connectivity index (χ3n) is 3.01. The second kappa shape index (κ2) is 5.83. The molecule has 0 saturated carbocycles. The largest absolute Gasteiger partial charge is 0.478 e. The zero-order chi connectivity index (χ0) is 14.7. The van der Waals surface area contributed by atoms with Gasteiger partial charge in [0.1, 0.15) is 5.82 Å². The summed E-state index contributed by atoms with van der Waals surface area (Å²) >= 11 is 0. The van der Waals surface area contributed by atoms with Crippen LogP contribution in [0.1, 0.15) is 15.9 Å². The van der Waals surface area contributed by atoms with Crippen molar-refractivity contribution >= 4 is 5.97 Å². The minimum Gasteiger partial charge on any atom is -0.478 e. The number of aromatic carboxylic acids is 1. The number of aryl methyl sites for hydroxylation is 1. The van der Waals surface area contributed by atoms with Crippen LogP contribution in [-0.2, 0) is 11.3 Å². The lowest BCUT2D eigenvalue weighted by atomic mass is 10.00. The minimum absolute atomic E-state index is 0.338. The molecule has 20 heavy (non-hydrogen) atoms. The number of carboxylic acids is 1. The number of hydrogen-bond donors (Lipinski definition) is 1. The zero-order valence-corrected chi connectivity index (χ0v) is 11.3. The lowest BCUT2D eigenvalue weighted by Gasteiger charge is -2.06. The number of halogens is 1. The molecule has 1 heterocycles. The van der Waals surface area contributed by atoms with Gasteiger partial charge in [0.05, 0.1) is 24.9 Å². The predicted octanol–water partition coefficient (Wildman–Crippen LogP) is 2.34. The molecular weight excluding hydrogens is 263 g/mol. The maximum atomic E-state index is 13.6. The molecule has 6 heteroatoms. The molecule has 0 fully saturated rings. The van der Waals surface area contributed by atoms with E-state index in [0.29, 0.717) is 24.3 Å². The summed E-state index contributed by atoms with van der Waals surface area (Å²) < 4.78 is 20.2. The Morgan fingerprint density at radius 1 is 1.50 bits per heavy atom. The number of rotatable bonds is 5. The number of ether oxygens (including phenoxy) is 1. The fraction of sp³-hybridized carbons (Fsp3) is 0.286. The highest BCUT2D eigenvalue weighted by atomic mass is 19.1. The molecule has 1 aromatic heterocycles. The van der Waals surface area contributed by atoms with E-state index < -0.39 is 11.8 Å². The first-order valence-electron chi connectivity index (χ1n) is 6.08. The number of carboxylic acid groups (broad SMARTS) is 1. The minimum atomic E-state index is -1.28. The topological polar surface area (TPSA) is 64.3 Å². The van der Waals surface area contributed by atoms with Crippen molar-refractivity contribution in [1.29, 1.82) is 0 Å². The molecule has 0 amide bonds. The summed E-state index contributed by atoms with van der Waals surface area (Å²) in [5.74, 6) is -2.01. The van der Waals surface area contributed by atoms with Crippen molar-refractivity contribution in [3.63, 3.8) is 0 Å². The van der Waals surface area contributed by atoms with E-state index >= 15 is 0 Å². The summed E-state index contributed by atoms with van der Waals surface area (Å²) in [7, 11) is 1.60. The van der Waals surface area contributed by atoms with Gasteiger partial charge in [-0.2, -0.15) is 5.10 Å². The fourth-order valence-electron chi connectivity index (χ4n) is 1.96. The average Bonchev–Trinajstić information content (AvgIpc) is 2.84. The smallest absolute Gasteiger partial charge is 0.338 e. The van der Waals surface area contributed by atoms with E-state index in [1.807, 2.05) is 0 Å². The average molecular weight is 278 g/mol. The Morgan fingerprint density at radius 2 is 2.25 bits per heavy atom. The molecule has 2 rings (SSSR count). The van der Waals surface area contributed by atoms with E-state index in [1.165, 1.54) is 12.1 Å². The van der Waals surface area contributed by atoms with Crippen molar-refractivity contribution in [2.75, 3.05) is 13.7 Å². The molecule has 0 unspecified atom stereocenters. The van der Waals surface area contributed by atoms with Crippen LogP contribution in [0.4, 0.5) is 4.39 Å². The van der Waals surface area contributed by atoms with Gasteiger partial charge in [0.25, 0.3) is 0 Å². The Hall–Kier alpha value is -2.21. The number of methoxy groups -OCH3 is 1. The number of nitrogens with zero attached hydrogens (tertiary/aromatic N) is 2. The highest BCUT2D eigenvalue weighted by Crippen LogP contribution is 2.26. The number of hydrogen-bond acceptors (Lipinski definition) is 3. The first kappa shape index (κ1) is 14.2. The van der Waals surface area contributed by atoms with Crippen LogP contribution >= 0.6 is 0 Å². The molecule has 0 radical (unpaired) electrons. The highest BCUT2D eigenvalue weighted by Gasteiger charge is 2.15. The van der Waals surface area contributed by atoms with Gasteiger partial charge in [-0.25, -0.2) is 9.18 Å². The van der Waals surface area contributed by atoms with Gasteiger partial charge >= 0.3 is 5.97 Å². The summed E-state index contributed by atoms with van der Waals surface area (Å²) in [6, 6.07) is 2.57. The van der Waals surface area contributed by atoms with Crippen molar-refractivity contribution in [3.8, 4) is 11.1 Å². The van der Waals surface area contributed by atoms with Crippen molar-refractivity contribution in [2.45, 2.75) is 13.5 Å². The lowest BCUT2D eigenvalue weighted by molar-refractivity contribution is 0.0692. The van der Waals surface area contributed by atoms with Crippen molar-refractivity contribution < 1.29 is 19.0 Å². The monoisotopic (exact) mass is 278 g/mol. The van der Waals surface area contributed by atoms with Gasteiger partial charge in [0, 0.05) is 18.9 Å². The number of benzene rings is 1. The fourth-order valence-corrected chi connectivity index (χ4v) is 1.96. The highest BCUT2D eigenvalue weighted by molar-refractivity contribution is 5.90. The number of carbonyl (C=O) groups is 1. The molecule has 5 nitrogen and oxygen atoms in total. The van der Waals surface area contributed by atoms with Gasteiger partial charge in [-0.1, -0.05) is 0 Å². The van der Waals surface area contributed by atoms with Crippen LogP contribution in [0.5, 0.6) is 0 Å². The van der Waals surface area contributed by atoms with Crippen molar-refractivity contribution in [1.82, 2.24) is 9.78 Å². The maximum Gasteiger partial charge on any atom is 0.338 e. The molecule has 0 aliphatic rings. The van der Waals surface area contributed by atoms with Crippen molar-refractivity contribution in [3.05, 3.63) is 41.5 Å². The van der Waals surface area contributed by atoms with Crippen LogP contribution in [0, 0.1) is 12.7 Å². The Kier molecular flexibility index (Phi) is 4.14. The molecule has 2 aromatic rings. The van der Waals surface area contributed by atoms with Crippen LogP contribution in [0.2, 0.25) is 0 Å². The molecule has 106 valence electrons. The molecule has 0 aliphatic carbocycles. The maximum absolute atomic E-state index is 13.6. The number of aromatic nitrogens is 2. The van der Waals surface area contributed by atoms with E-state index in [4.69, 9.17) is 9.84 Å². The van der Waals surface area contributed by atoms with Crippen LogP contribution in [0.3, 0.4) is 0 Å². The molecule has 0 bridgehead atoms. The zero-order valence-electron chi connectivity index (χ0n) is 11.3. The molecular formula is C14H15FN2O3. The molecule has 1 N–H and O–H groups in total. The van der Waals surface area contributed by atoms with Gasteiger partial charge in [-0.15, -0.1) is 0 Å². The summed E-state index contributed by atoms with van der Waals surface area (Å²) in [5.41, 5.74) is 1.74. The van der Waals surface area contributed by atoms with Crippen LogP contribution < -0.4 is 0 Å². The lowest BCUT2D eigenvalue weighted by Crippen LogP contribution is -2.04. The molecule has 0 aliphatic heterocycles. The Balaban J connectivity index is 2.39. The third kappa shape index (κ3) is 2.85. The Morgan fingerprint density at radius 3 is 2.90 bits per heavy atom. The van der Waals surface area contributed by atoms with Gasteiger partial charge < -0.3 is 9.84 Å². The first-order valence-corrected chi connectivity index (χ1v) is 6.08. The summed E-state index contributed by atoms with van der Waals surface area (Å²) in [4.78, 5) is 11.0. The summed E-state index contributed by atoms with van der Waals surface area (Å²) in [6.45, 7) is 2.86. The quantitative estimate of drug-likeness (QED) is 0.911. The molecule has 0 saturated heterocycles. The molecule has 0 atom stereocenters. The first-order chi connectivity index (χ1) is 9.52. The van der Waals surface area contributed by atoms with Gasteiger partial charge in [0.2, 0.25) is 0 Å². The van der Waals surface area contributed by atoms with Crippen LogP contribution in [0.25, 0.3) is 11.1 Å². The second-order valence-corrected chi connectivity index (χ2v) is 4.44. The Labute approximate surface area is 115 Å². The van der Waals surface area contributed by atoms with E-state index in [9.17, 15) is 9.18 Å². The Bertz CT molecular complexity index is 637. The van der Waals surface area contributed by atoms with Crippen LogP contribution in [-0.4, -0.2) is 34.6 Å². The third-order valence-corrected chi connectivity index (χ3v) is 3.01.